The number of aliphatic imine (C=N–C) groups is 1. The highest BCUT2D eigenvalue weighted by Crippen LogP contribution is 2.34. The van der Waals surface area contributed by atoms with Crippen molar-refractivity contribution in [1.29, 1.82) is 0 Å². The minimum absolute atomic E-state index is 0.0846. The molecule has 0 spiro atoms. The van der Waals surface area contributed by atoms with Gasteiger partial charge in [-0.25, -0.2) is 9.78 Å². The Morgan fingerprint density at radius 1 is 1.48 bits per heavy atom. The molecule has 0 amide bonds. The summed E-state index contributed by atoms with van der Waals surface area (Å²) < 4.78 is 4.80. The second-order valence-electron chi connectivity index (χ2n) is 5.77. The number of pyridine rings is 1. The number of aromatic hydroxyl groups is 1. The molecule has 1 aromatic heterocycles. The molecule has 2 aliphatic heterocycles. The molecule has 124 valence electrons. The Balaban J connectivity index is 1.84. The summed E-state index contributed by atoms with van der Waals surface area (Å²) in [7, 11) is 1.35. The molecule has 1 aromatic rings. The van der Waals surface area contributed by atoms with Crippen molar-refractivity contribution in [3.63, 3.8) is 0 Å². The molecule has 0 radical (unpaired) electrons. The molecule has 1 saturated heterocycles. The molecule has 1 atom stereocenters. The highest BCUT2D eigenvalue weighted by atomic mass is 32.2. The number of piperazine rings is 1. The lowest BCUT2D eigenvalue weighted by Crippen LogP contribution is -2.43. The minimum atomic E-state index is -0.917. The first-order valence-corrected chi connectivity index (χ1v) is 8.48. The predicted molar refractivity (Wildman–Crippen MR) is 90.4 cm³/mol. The zero-order valence-electron chi connectivity index (χ0n) is 13.2. The third-order valence-corrected chi connectivity index (χ3v) is 5.27. The number of ether oxygens (including phenoxy) is 1. The number of thioether (sulfide) groups is 1. The molecule has 0 saturated carbocycles. The number of nitrogens with one attached hydrogen (secondary N) is 1. The van der Waals surface area contributed by atoms with Crippen LogP contribution >= 0.6 is 11.8 Å². The SMILES string of the molecule is COC(=O)[C@@]1(C)CSC(c2ncc(N3CCNCC3)cc2O)=N1. The number of nitrogens with zero attached hydrogens (tertiary/aromatic N) is 3. The van der Waals surface area contributed by atoms with Gasteiger partial charge in [0.15, 0.2) is 5.54 Å². The summed E-state index contributed by atoms with van der Waals surface area (Å²) in [6, 6.07) is 1.71. The van der Waals surface area contributed by atoms with Crippen molar-refractivity contribution in [3.05, 3.63) is 18.0 Å². The number of esters is 1. The molecule has 8 heteroatoms. The second-order valence-corrected chi connectivity index (χ2v) is 6.73. The average Bonchev–Trinajstić information content (AvgIpc) is 2.98. The van der Waals surface area contributed by atoms with E-state index in [4.69, 9.17) is 4.74 Å². The zero-order valence-corrected chi connectivity index (χ0v) is 14.0. The van der Waals surface area contributed by atoms with E-state index in [0.717, 1.165) is 31.9 Å². The number of anilines is 1. The number of rotatable bonds is 3. The fraction of sp³-hybridized carbons (Fsp3) is 0.533. The Morgan fingerprint density at radius 3 is 2.87 bits per heavy atom. The van der Waals surface area contributed by atoms with Gasteiger partial charge in [-0.2, -0.15) is 0 Å². The number of carbonyl (C=O) groups is 1. The van der Waals surface area contributed by atoms with E-state index in [9.17, 15) is 9.90 Å². The minimum Gasteiger partial charge on any atom is -0.506 e. The first-order valence-electron chi connectivity index (χ1n) is 7.49. The van der Waals surface area contributed by atoms with Crippen LogP contribution in [-0.2, 0) is 9.53 Å². The summed E-state index contributed by atoms with van der Waals surface area (Å²) in [5.74, 6) is 0.189. The molecule has 1 fully saturated rings. The van der Waals surface area contributed by atoms with Crippen LogP contribution in [0.3, 0.4) is 0 Å². The van der Waals surface area contributed by atoms with Gasteiger partial charge in [-0.3, -0.25) is 4.99 Å². The first kappa shape index (κ1) is 16.1. The third-order valence-electron chi connectivity index (χ3n) is 4.00. The third kappa shape index (κ3) is 3.13. The van der Waals surface area contributed by atoms with Crippen LogP contribution in [-0.4, -0.2) is 65.7 Å². The number of carbonyl (C=O) groups excluding carboxylic acids is 1. The Kier molecular flexibility index (Phi) is 4.45. The Hall–Kier alpha value is -1.80. The number of hydrogen-bond acceptors (Lipinski definition) is 8. The van der Waals surface area contributed by atoms with Crippen LogP contribution in [0.1, 0.15) is 12.6 Å². The fourth-order valence-corrected chi connectivity index (χ4v) is 3.81. The lowest BCUT2D eigenvalue weighted by Gasteiger charge is -2.29. The van der Waals surface area contributed by atoms with Gasteiger partial charge < -0.3 is 20.1 Å². The van der Waals surface area contributed by atoms with Crippen molar-refractivity contribution in [1.82, 2.24) is 10.3 Å². The first-order chi connectivity index (χ1) is 11.0. The van der Waals surface area contributed by atoms with Gasteiger partial charge in [0.05, 0.1) is 19.0 Å². The van der Waals surface area contributed by atoms with Crippen LogP contribution in [0.25, 0.3) is 0 Å². The van der Waals surface area contributed by atoms with Gasteiger partial charge in [0.1, 0.15) is 16.5 Å². The Morgan fingerprint density at radius 2 is 2.22 bits per heavy atom. The van der Waals surface area contributed by atoms with Gasteiger partial charge in [-0.1, -0.05) is 0 Å². The van der Waals surface area contributed by atoms with Gasteiger partial charge in [-0.15, -0.1) is 11.8 Å². The molecular weight excluding hydrogens is 316 g/mol. The van der Waals surface area contributed by atoms with Gasteiger partial charge in [-0.05, 0) is 6.92 Å². The van der Waals surface area contributed by atoms with Crippen LogP contribution in [0.15, 0.2) is 17.3 Å². The largest absolute Gasteiger partial charge is 0.506 e. The zero-order chi connectivity index (χ0) is 16.4. The number of methoxy groups -OCH3 is 1. The highest BCUT2D eigenvalue weighted by Gasteiger charge is 2.40. The quantitative estimate of drug-likeness (QED) is 0.783. The van der Waals surface area contributed by atoms with Crippen molar-refractivity contribution in [2.45, 2.75) is 12.5 Å². The molecule has 0 bridgehead atoms. The van der Waals surface area contributed by atoms with Crippen molar-refractivity contribution >= 4 is 28.5 Å². The van der Waals surface area contributed by atoms with E-state index in [-0.39, 0.29) is 11.7 Å². The normalized spacial score (nSPS) is 24.4. The second kappa shape index (κ2) is 6.37. The Labute approximate surface area is 139 Å². The van der Waals surface area contributed by atoms with Gasteiger partial charge in [0.25, 0.3) is 0 Å². The van der Waals surface area contributed by atoms with Crippen molar-refractivity contribution in [3.8, 4) is 5.75 Å². The molecule has 0 unspecified atom stereocenters. The summed E-state index contributed by atoms with van der Waals surface area (Å²) in [5.41, 5.74) is 0.397. The van der Waals surface area contributed by atoms with Gasteiger partial charge in [0, 0.05) is 38.0 Å². The molecule has 0 aliphatic carbocycles. The van der Waals surface area contributed by atoms with Crippen LogP contribution in [0.2, 0.25) is 0 Å². The van der Waals surface area contributed by atoms with Gasteiger partial charge in [0.2, 0.25) is 0 Å². The summed E-state index contributed by atoms with van der Waals surface area (Å²) in [6.45, 7) is 5.34. The monoisotopic (exact) mass is 336 g/mol. The smallest absolute Gasteiger partial charge is 0.334 e. The number of hydrogen-bond donors (Lipinski definition) is 2. The lowest BCUT2D eigenvalue weighted by molar-refractivity contribution is -0.145. The van der Waals surface area contributed by atoms with Crippen molar-refractivity contribution in [2.24, 2.45) is 4.99 Å². The maximum atomic E-state index is 11.8. The lowest BCUT2D eigenvalue weighted by atomic mass is 10.1. The summed E-state index contributed by atoms with van der Waals surface area (Å²) in [5, 5.41) is 14.2. The van der Waals surface area contributed by atoms with E-state index in [0.29, 0.717) is 16.5 Å². The fourth-order valence-electron chi connectivity index (χ4n) is 2.65. The summed E-state index contributed by atoms with van der Waals surface area (Å²) >= 11 is 1.40. The summed E-state index contributed by atoms with van der Waals surface area (Å²) in [4.78, 5) is 22.8. The highest BCUT2D eigenvalue weighted by molar-refractivity contribution is 8.14. The molecule has 3 heterocycles. The van der Waals surface area contributed by atoms with E-state index in [1.165, 1.54) is 18.9 Å². The average molecular weight is 336 g/mol. The Bertz CT molecular complexity index is 646. The molecule has 0 aromatic carbocycles. The van der Waals surface area contributed by atoms with Crippen LogP contribution in [0, 0.1) is 0 Å². The molecule has 7 nitrogen and oxygen atoms in total. The maximum absolute atomic E-state index is 11.8. The molecule has 23 heavy (non-hydrogen) atoms. The van der Waals surface area contributed by atoms with Crippen molar-refractivity contribution in [2.75, 3.05) is 43.9 Å². The van der Waals surface area contributed by atoms with Crippen molar-refractivity contribution < 1.29 is 14.6 Å². The molecule has 3 rings (SSSR count). The van der Waals surface area contributed by atoms with Crippen LogP contribution in [0.4, 0.5) is 5.69 Å². The standard InChI is InChI=1S/C15H20N4O3S/c1-15(14(21)22-2)9-23-13(18-15)12-11(20)7-10(8-17-12)19-5-3-16-4-6-19/h7-8,16,20H,3-6,9H2,1-2H3/t15-/m1/s1. The molecule has 2 aliphatic rings. The van der Waals surface area contributed by atoms with E-state index < -0.39 is 5.54 Å². The van der Waals surface area contributed by atoms with E-state index in [1.807, 2.05) is 0 Å². The maximum Gasteiger partial charge on any atom is 0.334 e. The topological polar surface area (TPSA) is 87.0 Å². The van der Waals surface area contributed by atoms with E-state index in [2.05, 4.69) is 20.2 Å². The number of aromatic nitrogens is 1. The molecular formula is C15H20N4O3S. The van der Waals surface area contributed by atoms with E-state index >= 15 is 0 Å². The molecule has 2 N–H and O–H groups in total. The van der Waals surface area contributed by atoms with Crippen LogP contribution < -0.4 is 10.2 Å². The van der Waals surface area contributed by atoms with Crippen LogP contribution in [0.5, 0.6) is 5.75 Å². The van der Waals surface area contributed by atoms with Gasteiger partial charge >= 0.3 is 5.97 Å². The predicted octanol–water partition coefficient (Wildman–Crippen LogP) is 0.622. The summed E-state index contributed by atoms with van der Waals surface area (Å²) in [6.07, 6.45) is 1.75. The van der Waals surface area contributed by atoms with E-state index in [1.54, 1.807) is 19.2 Å².